The van der Waals surface area contributed by atoms with Gasteiger partial charge in [0, 0.05) is 91.2 Å². The zero-order valence-corrected chi connectivity index (χ0v) is 38.2. The summed E-state index contributed by atoms with van der Waals surface area (Å²) in [6.45, 7) is 15.1. The van der Waals surface area contributed by atoms with Crippen LogP contribution in [0.4, 0.5) is 0 Å². The van der Waals surface area contributed by atoms with Crippen molar-refractivity contribution in [3.63, 3.8) is 0 Å². The molecule has 0 amide bonds. The first-order valence-electron chi connectivity index (χ1n) is 23.9. The molecule has 0 bridgehead atoms. The zero-order valence-electron chi connectivity index (χ0n) is 38.2. The summed E-state index contributed by atoms with van der Waals surface area (Å²) in [5, 5.41) is 0. The molecule has 4 aromatic heterocycles. The lowest BCUT2D eigenvalue weighted by molar-refractivity contribution is -0.716. The molecule has 4 heteroatoms. The van der Waals surface area contributed by atoms with Gasteiger partial charge < -0.3 is 0 Å². The van der Waals surface area contributed by atoms with Gasteiger partial charge in [-0.2, -0.15) is 0 Å². The van der Waals surface area contributed by atoms with Gasteiger partial charge in [0.1, 0.15) is 19.6 Å². The second kappa shape index (κ2) is 24.5. The number of aromatic nitrogens is 4. The van der Waals surface area contributed by atoms with E-state index in [2.05, 4.69) is 194 Å². The Morgan fingerprint density at radius 1 is 0.410 bits per heavy atom. The third kappa shape index (κ3) is 13.3. The van der Waals surface area contributed by atoms with Gasteiger partial charge in [-0.1, -0.05) is 126 Å². The largest absolute Gasteiger partial charge is 0.261 e. The van der Waals surface area contributed by atoms with E-state index in [9.17, 15) is 0 Å². The Morgan fingerprint density at radius 3 is 1.26 bits per heavy atom. The van der Waals surface area contributed by atoms with Gasteiger partial charge in [-0.15, -0.1) is 0 Å². The maximum absolute atomic E-state index is 4.91. The number of nitrogens with zero attached hydrogens (tertiary/aromatic N) is 4. The molecular weight excluding hydrogens is 741 g/mol. The van der Waals surface area contributed by atoms with E-state index >= 15 is 0 Å². The van der Waals surface area contributed by atoms with Crippen molar-refractivity contribution in [2.75, 3.05) is 0 Å². The average molecular weight is 816 g/mol. The Bertz CT molecular complexity index is 2120. The van der Waals surface area contributed by atoms with Crippen molar-refractivity contribution in [3.05, 3.63) is 192 Å². The van der Waals surface area contributed by atoms with Crippen LogP contribution in [0.1, 0.15) is 175 Å². The lowest BCUT2D eigenvalue weighted by Gasteiger charge is -2.25. The molecule has 0 fully saturated rings. The summed E-state index contributed by atoms with van der Waals surface area (Å²) in [7, 11) is 0. The Kier molecular flexibility index (Phi) is 18.3. The van der Waals surface area contributed by atoms with Gasteiger partial charge in [0.2, 0.25) is 0 Å². The molecule has 4 heterocycles. The molecule has 0 spiro atoms. The Morgan fingerprint density at radius 2 is 0.820 bits per heavy atom. The van der Waals surface area contributed by atoms with Crippen LogP contribution in [-0.2, 0) is 19.6 Å². The summed E-state index contributed by atoms with van der Waals surface area (Å²) in [6, 6.07) is 49.3. The van der Waals surface area contributed by atoms with Crippen molar-refractivity contribution >= 4 is 0 Å². The molecule has 2 aromatic carbocycles. The monoisotopic (exact) mass is 816 g/mol. The molecule has 0 aliphatic rings. The topological polar surface area (TPSA) is 24.5 Å². The van der Waals surface area contributed by atoms with Gasteiger partial charge in [0.05, 0.1) is 0 Å². The molecular formula is C57H75N4+3. The number of pyridine rings is 4. The van der Waals surface area contributed by atoms with Crippen molar-refractivity contribution in [3.8, 4) is 0 Å². The van der Waals surface area contributed by atoms with Crippen LogP contribution in [0.25, 0.3) is 0 Å². The predicted octanol–water partition coefficient (Wildman–Crippen LogP) is 13.3. The molecule has 0 aliphatic carbocycles. The van der Waals surface area contributed by atoms with Crippen LogP contribution in [0.3, 0.4) is 0 Å². The predicted molar refractivity (Wildman–Crippen MR) is 253 cm³/mol. The average Bonchev–Trinajstić information content (AvgIpc) is 3.32. The van der Waals surface area contributed by atoms with Gasteiger partial charge in [-0.3, -0.25) is 4.98 Å². The van der Waals surface area contributed by atoms with Crippen LogP contribution in [-0.4, -0.2) is 4.98 Å². The number of benzene rings is 2. The van der Waals surface area contributed by atoms with E-state index in [0.29, 0.717) is 35.5 Å². The van der Waals surface area contributed by atoms with Gasteiger partial charge in [-0.25, -0.2) is 13.7 Å². The van der Waals surface area contributed by atoms with Crippen LogP contribution in [0.5, 0.6) is 0 Å². The Hall–Kier alpha value is -4.96. The highest BCUT2D eigenvalue weighted by atomic mass is 15.0. The van der Waals surface area contributed by atoms with E-state index in [-0.39, 0.29) is 0 Å². The third-order valence-electron chi connectivity index (χ3n) is 13.5. The van der Waals surface area contributed by atoms with Crippen LogP contribution >= 0.6 is 0 Å². The van der Waals surface area contributed by atoms with Crippen LogP contribution < -0.4 is 13.7 Å². The van der Waals surface area contributed by atoms with E-state index in [4.69, 9.17) is 4.98 Å². The summed E-state index contributed by atoms with van der Waals surface area (Å²) in [5.41, 5.74) is 8.52. The molecule has 6 aromatic rings. The van der Waals surface area contributed by atoms with E-state index in [0.717, 1.165) is 71.0 Å². The summed E-state index contributed by atoms with van der Waals surface area (Å²) in [5.74, 6) is 2.76. The molecule has 0 N–H and O–H groups in total. The quantitative estimate of drug-likeness (QED) is 0.0417. The van der Waals surface area contributed by atoms with E-state index in [1.165, 1.54) is 53.2 Å². The highest BCUT2D eigenvalue weighted by Gasteiger charge is 2.31. The van der Waals surface area contributed by atoms with Crippen molar-refractivity contribution in [1.82, 2.24) is 4.98 Å². The van der Waals surface area contributed by atoms with Crippen molar-refractivity contribution in [2.45, 2.75) is 160 Å². The molecule has 0 saturated heterocycles. The highest BCUT2D eigenvalue weighted by molar-refractivity contribution is 5.22. The first-order valence-corrected chi connectivity index (χ1v) is 23.9. The molecule has 4 nitrogen and oxygen atoms in total. The summed E-state index contributed by atoms with van der Waals surface area (Å²) >= 11 is 0. The molecule has 6 atom stereocenters. The van der Waals surface area contributed by atoms with Gasteiger partial charge >= 0.3 is 0 Å². The minimum Gasteiger partial charge on any atom is -0.261 e. The molecule has 0 aliphatic heterocycles. The fourth-order valence-corrected chi connectivity index (χ4v) is 9.95. The van der Waals surface area contributed by atoms with Crippen LogP contribution in [0.2, 0.25) is 0 Å². The lowest BCUT2D eigenvalue weighted by Crippen LogP contribution is -2.42. The van der Waals surface area contributed by atoms with Crippen LogP contribution in [0.15, 0.2) is 158 Å². The van der Waals surface area contributed by atoms with Gasteiger partial charge in [0.25, 0.3) is 0 Å². The van der Waals surface area contributed by atoms with Crippen molar-refractivity contribution < 1.29 is 13.7 Å². The molecule has 6 rings (SSSR count). The van der Waals surface area contributed by atoms with E-state index in [1.54, 1.807) is 0 Å². The van der Waals surface area contributed by atoms with Crippen molar-refractivity contribution in [1.29, 1.82) is 0 Å². The van der Waals surface area contributed by atoms with Gasteiger partial charge in [0.15, 0.2) is 35.7 Å². The van der Waals surface area contributed by atoms with Crippen LogP contribution in [0, 0.1) is 0 Å². The highest BCUT2D eigenvalue weighted by Crippen LogP contribution is 2.38. The summed E-state index contributed by atoms with van der Waals surface area (Å²) in [4.78, 5) is 4.91. The van der Waals surface area contributed by atoms with E-state index < -0.39 is 0 Å². The number of rotatable bonds is 25. The molecule has 61 heavy (non-hydrogen) atoms. The number of aryl methyl sites for hydroxylation is 3. The van der Waals surface area contributed by atoms with E-state index in [1.807, 2.05) is 12.3 Å². The number of unbranched alkanes of at least 4 members (excludes halogenated alkanes) is 3. The first-order chi connectivity index (χ1) is 30.0. The molecule has 6 unspecified atom stereocenters. The molecule has 0 radical (unpaired) electrons. The summed E-state index contributed by atoms with van der Waals surface area (Å²) in [6.07, 6.45) is 21.8. The Balaban J connectivity index is 1.15. The minimum atomic E-state index is 0.392. The zero-order chi connectivity index (χ0) is 42.7. The van der Waals surface area contributed by atoms with Crippen molar-refractivity contribution in [2.24, 2.45) is 0 Å². The maximum atomic E-state index is 4.91. The third-order valence-corrected chi connectivity index (χ3v) is 13.5. The second-order valence-electron chi connectivity index (χ2n) is 17.8. The smallest absolute Gasteiger partial charge is 0.184 e. The molecule has 0 saturated carbocycles. The van der Waals surface area contributed by atoms with Gasteiger partial charge in [-0.05, 0) is 80.0 Å². The SMILES string of the molecule is CCCCC[n+]1ccccc1C(CC(C)c1ccccc1)CC(CC)c1cccc[n+]1CCCC[n+]1ccccc1C(CC)CC(CC(C)c1ccccc1)c1ccccn1. The Labute approximate surface area is 369 Å². The number of hydrogen-bond donors (Lipinski definition) is 0. The first kappa shape index (κ1) is 45.6. The number of hydrogen-bond acceptors (Lipinski definition) is 1. The summed E-state index contributed by atoms with van der Waals surface area (Å²) < 4.78 is 7.72. The standard InChI is InChI=1S/C57H75N4/c1-6-9-21-36-61-39-24-19-34-57(61)53(43-47(5)51-29-14-11-15-30-51)45-49(8-3)56-33-18-23-38-60(56)41-26-25-40-59-37-22-17-32-55(59)48(7-2)44-52(54-31-16-20-35-58-54)42-46(4)50-27-12-10-13-28-50/h10-20,22-24,27-35,37-39,46-49,52-53H,6-9,21,25-26,36,40-45H2,1-5H3/q+3. The fraction of sp³-hybridized carbons (Fsp3) is 0.439. The molecule has 320 valence electrons. The second-order valence-corrected chi connectivity index (χ2v) is 17.8. The fourth-order valence-electron chi connectivity index (χ4n) is 9.95. The minimum absolute atomic E-state index is 0.392. The lowest BCUT2D eigenvalue weighted by atomic mass is 9.80. The maximum Gasteiger partial charge on any atom is 0.184 e. The normalized spacial score (nSPS) is 14.5.